The molecule has 1 amide bonds. The second kappa shape index (κ2) is 15.5. The number of alkyl halides is 3. The maximum Gasteiger partial charge on any atom is 1.00 e. The van der Waals surface area contributed by atoms with Gasteiger partial charge in [-0.05, 0) is 31.0 Å². The number of methoxy groups -OCH3 is 1. The Kier molecular flexibility index (Phi) is 14.3. The van der Waals surface area contributed by atoms with Gasteiger partial charge in [0.05, 0.1) is 30.4 Å². The van der Waals surface area contributed by atoms with Crippen LogP contribution >= 0.6 is 0 Å². The summed E-state index contributed by atoms with van der Waals surface area (Å²) in [4.78, 5) is 17.5. The molecular weight excluding hydrogens is 554 g/mol. The van der Waals surface area contributed by atoms with Crippen LogP contribution < -0.4 is 66.7 Å². The molecule has 3 rings (SSSR count). The summed E-state index contributed by atoms with van der Waals surface area (Å²) < 4.78 is 60.0. The third kappa shape index (κ3) is 11.7. The summed E-state index contributed by atoms with van der Waals surface area (Å²) in [7, 11) is 3.36. The van der Waals surface area contributed by atoms with Gasteiger partial charge in [-0.1, -0.05) is 41.5 Å². The number of hydrogen-bond acceptors (Lipinski definition) is 5. The van der Waals surface area contributed by atoms with E-state index in [-0.39, 0.29) is 87.4 Å². The van der Waals surface area contributed by atoms with E-state index in [0.717, 1.165) is 36.7 Å². The normalized spacial score (nSPS) is 16.3. The molecule has 0 radical (unpaired) electrons. The van der Waals surface area contributed by atoms with Crippen LogP contribution in [-0.4, -0.2) is 53.9 Å². The van der Waals surface area contributed by atoms with Gasteiger partial charge in [-0.3, -0.25) is 14.2 Å². The average molecular weight is 596 g/mol. The van der Waals surface area contributed by atoms with Crippen LogP contribution in [0.5, 0.6) is 5.75 Å². The van der Waals surface area contributed by atoms with Gasteiger partial charge in [-0.2, -0.15) is 18.2 Å². The Labute approximate surface area is 277 Å². The zero-order chi connectivity index (χ0) is 29.6. The van der Waals surface area contributed by atoms with E-state index < -0.39 is 23.2 Å². The van der Waals surface area contributed by atoms with Crippen LogP contribution in [0.2, 0.25) is 0 Å². The molecule has 0 unspecified atom stereocenters. The van der Waals surface area contributed by atoms with Gasteiger partial charge < -0.3 is 19.3 Å². The molecule has 0 bridgehead atoms. The van der Waals surface area contributed by atoms with Gasteiger partial charge in [0.15, 0.2) is 5.49 Å². The van der Waals surface area contributed by atoms with Crippen molar-refractivity contribution < 1.29 is 88.7 Å². The first-order chi connectivity index (χ1) is 17.9. The Morgan fingerprint density at radius 2 is 1.75 bits per heavy atom. The van der Waals surface area contributed by atoms with Crippen molar-refractivity contribution in [1.29, 1.82) is 0 Å². The summed E-state index contributed by atoms with van der Waals surface area (Å²) in [6.07, 6.45) is -2.77. The quantitative estimate of drug-likeness (QED) is 0.355. The second-order valence-electron chi connectivity index (χ2n) is 11.5. The topological polar surface area (TPSA) is 90.0 Å². The van der Waals surface area contributed by atoms with Gasteiger partial charge in [-0.15, -0.1) is 5.60 Å². The van der Waals surface area contributed by atoms with E-state index in [0.29, 0.717) is 18.6 Å². The van der Waals surface area contributed by atoms with Crippen LogP contribution in [0.1, 0.15) is 76.0 Å². The monoisotopic (exact) mass is 595 g/mol. The molecular formula is C28H41F3KN3O5. The number of carbonyl (C=O) groups excluding carboxylic acids is 1. The predicted molar refractivity (Wildman–Crippen MR) is 140 cm³/mol. The number of halogens is 3. The third-order valence-electron chi connectivity index (χ3n) is 5.71. The Hall–Kier alpha value is -0.994. The van der Waals surface area contributed by atoms with Crippen molar-refractivity contribution >= 4 is 5.91 Å². The van der Waals surface area contributed by atoms with Crippen LogP contribution in [0.4, 0.5) is 13.2 Å². The molecule has 1 aliphatic rings. The number of ether oxygens (including phenoxy) is 3. The minimum Gasteiger partial charge on any atom is -0.850 e. The third-order valence-corrected chi connectivity index (χ3v) is 5.71. The maximum absolute atomic E-state index is 13.4. The fraction of sp³-hybridized carbons (Fsp3) is 0.643. The van der Waals surface area contributed by atoms with E-state index >= 15 is 0 Å². The van der Waals surface area contributed by atoms with Crippen molar-refractivity contribution in [3.8, 4) is 5.75 Å². The molecule has 2 heterocycles. The van der Waals surface area contributed by atoms with Gasteiger partial charge in [0, 0.05) is 37.9 Å². The number of rotatable bonds is 7. The standard InChI is InChI=1S/C24H32F3N3O4.C4H9O.K/c1-23(2,3)20-14-21(30(29(20)4)15-17-7-6-10-33-17)28-22(31)18-13-16(24(25,26)27)8-9-19(18)34-12-11-32-5;1-4(2,3)5;/h8-9,13-14,17H,6-7,10-12,15H2,1-5H3;1-3H3;/q;-1;+1/t17-;;/m1../s1. The molecule has 12 heteroatoms. The van der Waals surface area contributed by atoms with Crippen LogP contribution in [0.3, 0.4) is 0 Å². The Morgan fingerprint density at radius 3 is 2.25 bits per heavy atom. The SMILES string of the molecule is CC(C)(C)[O-].COCCOc1ccc(C(F)(F)F)cc1C(=O)N=c1cc(C(C)(C)C)n(C)n1C[C@H]1CCCO1.[K+]. The number of aromatic nitrogens is 2. The number of nitrogens with zero attached hydrogens (tertiary/aromatic N) is 3. The zero-order valence-corrected chi connectivity index (χ0v) is 28.3. The zero-order valence-electron chi connectivity index (χ0n) is 25.1. The molecule has 1 aromatic heterocycles. The molecule has 1 fully saturated rings. The first-order valence-electron chi connectivity index (χ1n) is 12.9. The molecule has 1 aromatic carbocycles. The van der Waals surface area contributed by atoms with E-state index in [2.05, 4.69) is 4.99 Å². The van der Waals surface area contributed by atoms with Crippen LogP contribution in [0.25, 0.3) is 0 Å². The first-order valence-corrected chi connectivity index (χ1v) is 12.9. The van der Waals surface area contributed by atoms with E-state index in [1.807, 2.05) is 37.2 Å². The summed E-state index contributed by atoms with van der Waals surface area (Å²) >= 11 is 0. The summed E-state index contributed by atoms with van der Waals surface area (Å²) in [5.41, 5.74) is -0.906. The van der Waals surface area contributed by atoms with E-state index in [1.54, 1.807) is 26.8 Å². The molecule has 2 aromatic rings. The first kappa shape index (κ1) is 37.0. The molecule has 1 saturated heterocycles. The van der Waals surface area contributed by atoms with Gasteiger partial charge in [0.2, 0.25) is 0 Å². The molecule has 0 N–H and O–H groups in total. The van der Waals surface area contributed by atoms with Gasteiger partial charge in [0.1, 0.15) is 12.4 Å². The molecule has 220 valence electrons. The van der Waals surface area contributed by atoms with Crippen LogP contribution in [0, 0.1) is 0 Å². The van der Waals surface area contributed by atoms with Crippen LogP contribution in [-0.2, 0) is 34.7 Å². The molecule has 0 aliphatic carbocycles. The molecule has 0 saturated carbocycles. The van der Waals surface area contributed by atoms with Crippen LogP contribution in [0.15, 0.2) is 29.3 Å². The van der Waals surface area contributed by atoms with Crippen molar-refractivity contribution in [2.24, 2.45) is 12.0 Å². The molecule has 40 heavy (non-hydrogen) atoms. The minimum absolute atomic E-state index is 0. The summed E-state index contributed by atoms with van der Waals surface area (Å²) in [5, 5.41) is 10.1. The number of benzene rings is 1. The summed E-state index contributed by atoms with van der Waals surface area (Å²) in [6, 6.07) is 4.61. The van der Waals surface area contributed by atoms with Crippen molar-refractivity contribution in [3.05, 3.63) is 46.6 Å². The number of amides is 1. The Bertz CT molecular complexity index is 1170. The number of carbonyl (C=O) groups is 1. The van der Waals surface area contributed by atoms with E-state index in [4.69, 9.17) is 14.2 Å². The van der Waals surface area contributed by atoms with Gasteiger partial charge in [0.25, 0.3) is 5.91 Å². The van der Waals surface area contributed by atoms with E-state index in [1.165, 1.54) is 7.11 Å². The molecule has 8 nitrogen and oxygen atoms in total. The Balaban J connectivity index is 0.00000122. The van der Waals surface area contributed by atoms with Gasteiger partial charge >= 0.3 is 57.6 Å². The van der Waals surface area contributed by atoms with Crippen molar-refractivity contribution in [3.63, 3.8) is 0 Å². The van der Waals surface area contributed by atoms with Crippen molar-refractivity contribution in [2.45, 2.75) is 84.2 Å². The second-order valence-corrected chi connectivity index (χ2v) is 11.5. The summed E-state index contributed by atoms with van der Waals surface area (Å²) in [5.74, 6) is -0.790. The maximum atomic E-state index is 13.4. The predicted octanol–water partition coefficient (Wildman–Crippen LogP) is 1.24. The van der Waals surface area contributed by atoms with E-state index in [9.17, 15) is 23.1 Å². The smallest absolute Gasteiger partial charge is 0.850 e. The molecule has 0 spiro atoms. The fourth-order valence-electron chi connectivity index (χ4n) is 3.96. The minimum atomic E-state index is -4.61. The largest absolute Gasteiger partial charge is 1.00 e. The molecule has 1 aliphatic heterocycles. The van der Waals surface area contributed by atoms with Crippen molar-refractivity contribution in [1.82, 2.24) is 9.36 Å². The average Bonchev–Trinajstić information content (AvgIpc) is 3.41. The molecule has 1 atom stereocenters. The van der Waals surface area contributed by atoms with Gasteiger partial charge in [-0.25, -0.2) is 0 Å². The number of hydrogen-bond donors (Lipinski definition) is 0. The summed E-state index contributed by atoms with van der Waals surface area (Å²) in [6.45, 7) is 12.5. The fourth-order valence-corrected chi connectivity index (χ4v) is 3.96. The Morgan fingerprint density at radius 1 is 1.12 bits per heavy atom. The van der Waals surface area contributed by atoms with Crippen molar-refractivity contribution in [2.75, 3.05) is 26.9 Å².